The van der Waals surface area contributed by atoms with Crippen LogP contribution in [0.5, 0.6) is 11.5 Å². The summed E-state index contributed by atoms with van der Waals surface area (Å²) < 4.78 is 10.8. The number of hydrogen-bond acceptors (Lipinski definition) is 4. The third kappa shape index (κ3) is 3.65. The molecule has 1 aromatic carbocycles. The molecular formula is C13H18N2O2. The van der Waals surface area contributed by atoms with Crippen molar-refractivity contribution in [1.29, 1.82) is 5.26 Å². The molecule has 0 aliphatic rings. The number of rotatable bonds is 6. The van der Waals surface area contributed by atoms with Crippen molar-refractivity contribution in [2.24, 2.45) is 0 Å². The van der Waals surface area contributed by atoms with E-state index in [4.69, 9.17) is 14.7 Å². The minimum absolute atomic E-state index is 0.494. The van der Waals surface area contributed by atoms with Crippen molar-refractivity contribution >= 4 is 0 Å². The Hall–Kier alpha value is -1.73. The van der Waals surface area contributed by atoms with Gasteiger partial charge >= 0.3 is 0 Å². The molecule has 0 bridgehead atoms. The highest BCUT2D eigenvalue weighted by atomic mass is 16.5. The van der Waals surface area contributed by atoms with Gasteiger partial charge in [-0.15, -0.1) is 0 Å². The van der Waals surface area contributed by atoms with Gasteiger partial charge < -0.3 is 14.8 Å². The van der Waals surface area contributed by atoms with Crippen LogP contribution >= 0.6 is 0 Å². The van der Waals surface area contributed by atoms with E-state index in [-0.39, 0.29) is 0 Å². The smallest absolute Gasteiger partial charge is 0.181 e. The third-order valence-corrected chi connectivity index (χ3v) is 2.32. The van der Waals surface area contributed by atoms with E-state index >= 15 is 0 Å². The molecule has 1 atom stereocenters. The normalized spacial score (nSPS) is 11.6. The van der Waals surface area contributed by atoms with Crippen molar-refractivity contribution in [3.05, 3.63) is 23.8 Å². The molecule has 0 spiro atoms. The zero-order valence-corrected chi connectivity index (χ0v) is 10.5. The highest BCUT2D eigenvalue weighted by Gasteiger charge is 2.13. The molecule has 1 unspecified atom stereocenters. The molecule has 1 rings (SSSR count). The minimum atomic E-state index is -0.494. The second-order valence-electron chi connectivity index (χ2n) is 3.62. The van der Waals surface area contributed by atoms with Crippen molar-refractivity contribution in [2.75, 3.05) is 13.7 Å². The Morgan fingerprint density at radius 3 is 2.82 bits per heavy atom. The van der Waals surface area contributed by atoms with Crippen LogP contribution in [0.4, 0.5) is 0 Å². The molecule has 0 saturated carbocycles. The molecule has 92 valence electrons. The first-order chi connectivity index (χ1) is 8.22. The van der Waals surface area contributed by atoms with Crippen molar-refractivity contribution < 1.29 is 9.47 Å². The Balaban J connectivity index is 2.98. The maximum Gasteiger partial charge on any atom is 0.181 e. The van der Waals surface area contributed by atoms with E-state index in [1.807, 2.05) is 31.2 Å². The average molecular weight is 234 g/mol. The van der Waals surface area contributed by atoms with E-state index in [9.17, 15) is 0 Å². The molecule has 1 N–H and O–H groups in total. The van der Waals surface area contributed by atoms with Crippen molar-refractivity contribution in [2.45, 2.75) is 26.5 Å². The van der Waals surface area contributed by atoms with Gasteiger partial charge in [-0.1, -0.05) is 19.1 Å². The van der Waals surface area contributed by atoms with Crippen LogP contribution in [0.15, 0.2) is 18.2 Å². The first-order valence-electron chi connectivity index (χ1n) is 5.65. The van der Waals surface area contributed by atoms with E-state index in [0.29, 0.717) is 18.0 Å². The Morgan fingerprint density at radius 2 is 2.24 bits per heavy atom. The van der Waals surface area contributed by atoms with Gasteiger partial charge in [-0.3, -0.25) is 0 Å². The number of methoxy groups -OCH3 is 1. The van der Waals surface area contributed by atoms with E-state index in [1.54, 1.807) is 14.0 Å². The van der Waals surface area contributed by atoms with Gasteiger partial charge in [0, 0.05) is 12.1 Å². The first-order valence-corrected chi connectivity index (χ1v) is 5.65. The fraction of sp³-hybridized carbons (Fsp3) is 0.462. The van der Waals surface area contributed by atoms with Crippen molar-refractivity contribution in [3.8, 4) is 17.6 Å². The minimum Gasteiger partial charge on any atom is -0.493 e. The maximum atomic E-state index is 8.80. The van der Waals surface area contributed by atoms with Crippen LogP contribution in [0.2, 0.25) is 0 Å². The molecule has 0 heterocycles. The van der Waals surface area contributed by atoms with Gasteiger partial charge in [0.1, 0.15) is 6.07 Å². The predicted molar refractivity (Wildman–Crippen MR) is 66.1 cm³/mol. The molecule has 0 aromatic heterocycles. The molecule has 0 radical (unpaired) electrons. The Morgan fingerprint density at radius 1 is 1.47 bits per heavy atom. The summed E-state index contributed by atoms with van der Waals surface area (Å²) in [7, 11) is 1.59. The number of benzene rings is 1. The summed E-state index contributed by atoms with van der Waals surface area (Å²) >= 11 is 0. The summed E-state index contributed by atoms with van der Waals surface area (Å²) in [5.74, 6) is 1.30. The Labute approximate surface area is 102 Å². The monoisotopic (exact) mass is 234 g/mol. The van der Waals surface area contributed by atoms with Gasteiger partial charge in [-0.25, -0.2) is 0 Å². The molecule has 4 heteroatoms. The van der Waals surface area contributed by atoms with Gasteiger partial charge in [0.15, 0.2) is 17.6 Å². The largest absolute Gasteiger partial charge is 0.493 e. The van der Waals surface area contributed by atoms with Gasteiger partial charge in [0.2, 0.25) is 0 Å². The van der Waals surface area contributed by atoms with Crippen LogP contribution < -0.4 is 14.8 Å². The molecule has 0 fully saturated rings. The summed E-state index contributed by atoms with van der Waals surface area (Å²) in [6, 6.07) is 7.75. The fourth-order valence-corrected chi connectivity index (χ4v) is 1.46. The molecule has 0 aliphatic heterocycles. The van der Waals surface area contributed by atoms with Gasteiger partial charge in [0.05, 0.1) is 7.11 Å². The fourth-order valence-electron chi connectivity index (χ4n) is 1.46. The predicted octanol–water partition coefficient (Wildman–Crippen LogP) is 2.10. The van der Waals surface area contributed by atoms with E-state index in [1.165, 1.54) is 0 Å². The summed E-state index contributed by atoms with van der Waals surface area (Å²) in [5.41, 5.74) is 0.994. The molecule has 0 saturated heterocycles. The SMILES string of the molecule is CCNCc1cccc(OC)c1OC(C)C#N. The molecule has 17 heavy (non-hydrogen) atoms. The first kappa shape index (κ1) is 13.3. The van der Waals surface area contributed by atoms with Crippen LogP contribution in [0.1, 0.15) is 19.4 Å². The zero-order valence-electron chi connectivity index (χ0n) is 10.5. The molecule has 4 nitrogen and oxygen atoms in total. The van der Waals surface area contributed by atoms with E-state index in [2.05, 4.69) is 5.32 Å². The summed E-state index contributed by atoms with van der Waals surface area (Å²) in [4.78, 5) is 0. The number of hydrogen-bond donors (Lipinski definition) is 1. The van der Waals surface area contributed by atoms with Crippen LogP contribution in [0.3, 0.4) is 0 Å². The van der Waals surface area contributed by atoms with Crippen molar-refractivity contribution in [3.63, 3.8) is 0 Å². The molecule has 0 amide bonds. The third-order valence-electron chi connectivity index (χ3n) is 2.32. The van der Waals surface area contributed by atoms with Gasteiger partial charge in [-0.05, 0) is 19.5 Å². The maximum absolute atomic E-state index is 8.80. The average Bonchev–Trinajstić information content (AvgIpc) is 2.37. The van der Waals surface area contributed by atoms with E-state index < -0.39 is 6.10 Å². The van der Waals surface area contributed by atoms with Crippen LogP contribution in [0, 0.1) is 11.3 Å². The summed E-state index contributed by atoms with van der Waals surface area (Å²) in [5, 5.41) is 12.0. The zero-order chi connectivity index (χ0) is 12.7. The number of nitriles is 1. The number of nitrogens with one attached hydrogen (secondary N) is 1. The Bertz CT molecular complexity index is 399. The Kier molecular flexibility index (Phi) is 5.31. The van der Waals surface area contributed by atoms with Crippen molar-refractivity contribution in [1.82, 2.24) is 5.32 Å². The standard InChI is InChI=1S/C13H18N2O2/c1-4-15-9-11-6-5-7-12(16-3)13(11)17-10(2)8-14/h5-7,10,15H,4,9H2,1-3H3. The highest BCUT2D eigenvalue weighted by molar-refractivity contribution is 5.47. The summed E-state index contributed by atoms with van der Waals surface area (Å²) in [6.45, 7) is 5.33. The van der Waals surface area contributed by atoms with Crippen LogP contribution in [-0.2, 0) is 6.54 Å². The lowest BCUT2D eigenvalue weighted by atomic mass is 10.2. The lowest BCUT2D eigenvalue weighted by Gasteiger charge is -2.16. The number of para-hydroxylation sites is 1. The second-order valence-corrected chi connectivity index (χ2v) is 3.62. The van der Waals surface area contributed by atoms with Crippen LogP contribution in [-0.4, -0.2) is 19.8 Å². The number of ether oxygens (including phenoxy) is 2. The topological polar surface area (TPSA) is 54.3 Å². The van der Waals surface area contributed by atoms with Gasteiger partial charge in [-0.2, -0.15) is 5.26 Å². The quantitative estimate of drug-likeness (QED) is 0.819. The molecule has 1 aromatic rings. The lowest BCUT2D eigenvalue weighted by Crippen LogP contribution is -2.15. The molecule has 0 aliphatic carbocycles. The van der Waals surface area contributed by atoms with Crippen LogP contribution in [0.25, 0.3) is 0 Å². The lowest BCUT2D eigenvalue weighted by molar-refractivity contribution is 0.256. The highest BCUT2D eigenvalue weighted by Crippen LogP contribution is 2.31. The van der Waals surface area contributed by atoms with E-state index in [0.717, 1.165) is 12.1 Å². The number of nitrogens with zero attached hydrogens (tertiary/aromatic N) is 1. The molecular weight excluding hydrogens is 216 g/mol. The second kappa shape index (κ2) is 6.77. The summed E-state index contributed by atoms with van der Waals surface area (Å²) in [6.07, 6.45) is -0.494. The van der Waals surface area contributed by atoms with Gasteiger partial charge in [0.25, 0.3) is 0 Å².